The topological polar surface area (TPSA) is 38.3 Å². The lowest BCUT2D eigenvalue weighted by atomic mass is 9.63. The monoisotopic (exact) mass is 805 g/mol. The zero-order valence-electron chi connectivity index (χ0n) is 34.4. The first-order valence-electron chi connectivity index (χ1n) is 21.7. The van der Waals surface area contributed by atoms with Crippen LogP contribution in [-0.4, -0.2) is 0 Å². The van der Waals surface area contributed by atoms with Crippen molar-refractivity contribution in [3.63, 3.8) is 0 Å². The molecule has 0 saturated carbocycles. The minimum absolute atomic E-state index is 0.420. The SMILES string of the molecule is C#C/C=C\C=C1/CC2(C3=C(C=CC4(C3)C(Nc3ccc(-c5cccc6c5oc5ccccc56)cc3)=CC=C4c3ccccc3)c3c2ccc2c3oc3ccccc32)c2ccccc21. The molecule has 1 N–H and O–H groups in total. The van der Waals surface area contributed by atoms with Crippen LogP contribution in [0.1, 0.15) is 40.7 Å². The summed E-state index contributed by atoms with van der Waals surface area (Å²) in [6.07, 6.45) is 22.8. The Labute approximate surface area is 365 Å². The second kappa shape index (κ2) is 13.5. The molecular weight excluding hydrogens is 767 g/mol. The summed E-state index contributed by atoms with van der Waals surface area (Å²) in [6.45, 7) is 0. The van der Waals surface area contributed by atoms with E-state index in [1.54, 1.807) is 6.08 Å². The number of furan rings is 2. The van der Waals surface area contributed by atoms with Gasteiger partial charge in [-0.1, -0.05) is 170 Å². The summed E-state index contributed by atoms with van der Waals surface area (Å²) in [5.74, 6) is 2.69. The van der Waals surface area contributed by atoms with Crippen LogP contribution in [0.25, 0.3) is 71.7 Å². The Morgan fingerprint density at radius 3 is 2.10 bits per heavy atom. The van der Waals surface area contributed by atoms with Crippen LogP contribution in [-0.2, 0) is 5.41 Å². The number of anilines is 1. The van der Waals surface area contributed by atoms with Crippen LogP contribution in [0.2, 0.25) is 0 Å². The first kappa shape index (κ1) is 35.7. The zero-order valence-corrected chi connectivity index (χ0v) is 34.4. The normalized spacial score (nSPS) is 20.4. The molecule has 2 unspecified atom stereocenters. The van der Waals surface area contributed by atoms with E-state index in [-0.39, 0.29) is 0 Å². The first-order chi connectivity index (χ1) is 31.1. The average Bonchev–Trinajstić information content (AvgIpc) is 4.13. The molecule has 2 spiro atoms. The molecule has 2 aromatic heterocycles. The molecule has 3 nitrogen and oxygen atoms in total. The maximum atomic E-state index is 6.87. The van der Waals surface area contributed by atoms with Gasteiger partial charge in [-0.25, -0.2) is 0 Å². The quantitative estimate of drug-likeness (QED) is 0.176. The van der Waals surface area contributed by atoms with Gasteiger partial charge in [-0.15, -0.1) is 6.42 Å². The maximum absolute atomic E-state index is 6.87. The van der Waals surface area contributed by atoms with Gasteiger partial charge in [0.2, 0.25) is 0 Å². The second-order valence-corrected chi connectivity index (χ2v) is 17.2. The Balaban J connectivity index is 0.959. The van der Waals surface area contributed by atoms with E-state index in [2.05, 4.69) is 187 Å². The molecule has 13 rings (SSSR count). The number of allylic oxidation sites excluding steroid dienone is 10. The number of fused-ring (bicyclic) bond motifs is 13. The Morgan fingerprint density at radius 2 is 1.29 bits per heavy atom. The lowest BCUT2D eigenvalue weighted by Crippen LogP contribution is -2.33. The number of terminal acetylenes is 1. The van der Waals surface area contributed by atoms with Crippen LogP contribution in [0.5, 0.6) is 0 Å². The summed E-state index contributed by atoms with van der Waals surface area (Å²) < 4.78 is 13.3. The molecule has 7 aromatic carbocycles. The number of hydrogen-bond donors (Lipinski definition) is 1. The van der Waals surface area contributed by atoms with E-state index >= 15 is 0 Å². The third-order valence-electron chi connectivity index (χ3n) is 14.1. The van der Waals surface area contributed by atoms with E-state index < -0.39 is 10.8 Å². The molecule has 4 aliphatic rings. The molecule has 3 heteroatoms. The summed E-state index contributed by atoms with van der Waals surface area (Å²) in [7, 11) is 0. The fraction of sp³-hybridized carbons (Fsp3) is 0.0667. The molecule has 63 heavy (non-hydrogen) atoms. The Kier molecular flexibility index (Phi) is 7.63. The summed E-state index contributed by atoms with van der Waals surface area (Å²) in [6, 6.07) is 56.4. The van der Waals surface area contributed by atoms with Crippen molar-refractivity contribution in [3.05, 3.63) is 239 Å². The minimum atomic E-state index is -0.481. The summed E-state index contributed by atoms with van der Waals surface area (Å²) in [5, 5.41) is 8.53. The average molecular weight is 806 g/mol. The van der Waals surface area contributed by atoms with Crippen LogP contribution in [0.4, 0.5) is 5.69 Å². The van der Waals surface area contributed by atoms with E-state index in [1.165, 1.54) is 50.1 Å². The Bertz CT molecular complexity index is 3650. The Hall–Kier alpha value is -8.06. The molecule has 2 heterocycles. The molecule has 0 saturated heterocycles. The minimum Gasteiger partial charge on any atom is -0.455 e. The summed E-state index contributed by atoms with van der Waals surface area (Å²) >= 11 is 0. The number of hydrogen-bond acceptors (Lipinski definition) is 3. The van der Waals surface area contributed by atoms with Crippen molar-refractivity contribution in [1.29, 1.82) is 0 Å². The van der Waals surface area contributed by atoms with E-state index in [9.17, 15) is 0 Å². The summed E-state index contributed by atoms with van der Waals surface area (Å²) in [5.41, 5.74) is 18.7. The number of benzene rings is 7. The third kappa shape index (κ3) is 5.04. The van der Waals surface area contributed by atoms with E-state index in [4.69, 9.17) is 15.3 Å². The van der Waals surface area contributed by atoms with Gasteiger partial charge in [-0.05, 0) is 99.4 Å². The molecular formula is C60H39NO2. The molecule has 0 amide bonds. The van der Waals surface area contributed by atoms with Gasteiger partial charge < -0.3 is 14.2 Å². The number of para-hydroxylation sites is 3. The molecule has 0 aliphatic heterocycles. The highest BCUT2D eigenvalue weighted by molar-refractivity contribution is 6.12. The largest absolute Gasteiger partial charge is 0.455 e. The number of rotatable bonds is 5. The molecule has 9 aromatic rings. The van der Waals surface area contributed by atoms with Crippen LogP contribution < -0.4 is 5.32 Å². The van der Waals surface area contributed by atoms with Gasteiger partial charge in [0.25, 0.3) is 0 Å². The Morgan fingerprint density at radius 1 is 0.587 bits per heavy atom. The second-order valence-electron chi connectivity index (χ2n) is 17.2. The number of nitrogens with one attached hydrogen (secondary N) is 1. The van der Waals surface area contributed by atoms with Gasteiger partial charge in [0.1, 0.15) is 22.3 Å². The predicted octanol–water partition coefficient (Wildman–Crippen LogP) is 15.2. The molecule has 0 radical (unpaired) electrons. The van der Waals surface area contributed by atoms with Crippen molar-refractivity contribution >= 4 is 66.3 Å². The molecule has 2 atom stereocenters. The first-order valence-corrected chi connectivity index (χ1v) is 21.7. The van der Waals surface area contributed by atoms with Gasteiger partial charge in [-0.3, -0.25) is 0 Å². The van der Waals surface area contributed by atoms with Crippen molar-refractivity contribution in [2.75, 3.05) is 5.32 Å². The van der Waals surface area contributed by atoms with E-state index in [1.807, 2.05) is 18.2 Å². The lowest BCUT2D eigenvalue weighted by Gasteiger charge is -2.41. The highest BCUT2D eigenvalue weighted by Gasteiger charge is 2.56. The highest BCUT2D eigenvalue weighted by atomic mass is 16.3. The maximum Gasteiger partial charge on any atom is 0.143 e. The van der Waals surface area contributed by atoms with Gasteiger partial charge in [-0.2, -0.15) is 0 Å². The van der Waals surface area contributed by atoms with Crippen molar-refractivity contribution in [2.45, 2.75) is 18.3 Å². The van der Waals surface area contributed by atoms with Crippen molar-refractivity contribution in [2.24, 2.45) is 5.41 Å². The molecule has 0 fully saturated rings. The van der Waals surface area contributed by atoms with Crippen molar-refractivity contribution < 1.29 is 8.83 Å². The fourth-order valence-corrected chi connectivity index (χ4v) is 11.4. The molecule has 0 bridgehead atoms. The van der Waals surface area contributed by atoms with Crippen molar-refractivity contribution in [3.8, 4) is 23.5 Å². The van der Waals surface area contributed by atoms with Gasteiger partial charge in [0.05, 0.1) is 5.41 Å². The zero-order chi connectivity index (χ0) is 41.7. The van der Waals surface area contributed by atoms with E-state index in [0.717, 1.165) is 79.2 Å². The van der Waals surface area contributed by atoms with Crippen LogP contribution in [0.3, 0.4) is 0 Å². The highest BCUT2D eigenvalue weighted by Crippen LogP contribution is 2.67. The van der Waals surface area contributed by atoms with Crippen LogP contribution in [0, 0.1) is 17.8 Å². The van der Waals surface area contributed by atoms with Crippen LogP contribution >= 0.6 is 0 Å². The van der Waals surface area contributed by atoms with Gasteiger partial charge in [0, 0.05) is 49.5 Å². The van der Waals surface area contributed by atoms with Crippen LogP contribution in [0.15, 0.2) is 220 Å². The van der Waals surface area contributed by atoms with Gasteiger partial charge in [0.15, 0.2) is 0 Å². The standard InChI is InChI=1S/C60H39NO2/c1-2-3-5-17-40-36-60(50-23-11-8-18-42(40)50)51-31-30-47-45-20-10-13-25-54(45)63-58(47)56(51)48-34-35-59(37-52(48)60)49(39-15-6-4-7-16-39)32-33-55(59)61-41-28-26-38(27-29-41)43-21-14-22-46-44-19-9-12-24-53(44)62-57(43)46/h1,3-35,61H,36-37H2/b5-3-,40-17+. The smallest absolute Gasteiger partial charge is 0.143 e. The van der Waals surface area contributed by atoms with Gasteiger partial charge >= 0.3 is 0 Å². The molecule has 296 valence electrons. The predicted molar refractivity (Wildman–Crippen MR) is 260 cm³/mol. The van der Waals surface area contributed by atoms with E-state index in [0.29, 0.717) is 0 Å². The third-order valence-corrected chi connectivity index (χ3v) is 14.1. The lowest BCUT2D eigenvalue weighted by molar-refractivity contribution is 0.534. The van der Waals surface area contributed by atoms with Crippen molar-refractivity contribution in [1.82, 2.24) is 0 Å². The fourth-order valence-electron chi connectivity index (χ4n) is 11.4. The molecule has 4 aliphatic carbocycles. The summed E-state index contributed by atoms with van der Waals surface area (Å²) in [4.78, 5) is 0.